The molecule has 3 nitrogen and oxygen atoms in total. The molecule has 0 fully saturated rings. The van der Waals surface area contributed by atoms with E-state index in [4.69, 9.17) is 0 Å². The maximum Gasteiger partial charge on any atom is 0.350 e. The third kappa shape index (κ3) is 1.36. The van der Waals surface area contributed by atoms with Gasteiger partial charge in [-0.25, -0.2) is 10.1 Å². The quantitative estimate of drug-likeness (QED) is 0.704. The summed E-state index contributed by atoms with van der Waals surface area (Å²) < 4.78 is 0. The van der Waals surface area contributed by atoms with Crippen LogP contribution >= 0.6 is 0 Å². The fraction of sp³-hybridized carbons (Fsp3) is 0.273. The van der Waals surface area contributed by atoms with Crippen molar-refractivity contribution in [2.75, 3.05) is 0 Å². The molecule has 1 heterocycles. The lowest BCUT2D eigenvalue weighted by Crippen LogP contribution is -2.91. The smallest absolute Gasteiger partial charge is 0.234 e. The summed E-state index contributed by atoms with van der Waals surface area (Å²) in [6.45, 7) is 3.93. The topological polar surface area (TPSA) is 46.0 Å². The molecular weight excluding hydrogens is 176 g/mol. The monoisotopic (exact) mass is 189 g/mol. The number of benzene rings is 1. The Morgan fingerprint density at radius 3 is 2.93 bits per heavy atom. The molecule has 1 aromatic carbocycles. The molecular formula is C11H13N2O+. The summed E-state index contributed by atoms with van der Waals surface area (Å²) in [4.78, 5) is 16.0. The second-order valence-electron chi connectivity index (χ2n) is 3.43. The van der Waals surface area contributed by atoms with E-state index >= 15 is 0 Å². The number of hydrogen-bond donors (Lipinski definition) is 1. The lowest BCUT2D eigenvalue weighted by Gasteiger charge is -2.11. The first kappa shape index (κ1) is 9.09. The third-order valence-electron chi connectivity index (χ3n) is 2.39. The summed E-state index contributed by atoms with van der Waals surface area (Å²) in [5.41, 5.74) is 2.73. The molecule has 0 atom stereocenters. The number of rotatable bonds is 1. The second kappa shape index (κ2) is 3.35. The molecule has 2 N–H and O–H groups in total. The van der Waals surface area contributed by atoms with Crippen molar-refractivity contribution in [1.29, 1.82) is 0 Å². The zero-order valence-electron chi connectivity index (χ0n) is 8.37. The third-order valence-corrected chi connectivity index (χ3v) is 2.39. The Labute approximate surface area is 82.9 Å². The average molecular weight is 189 g/mol. The molecule has 0 saturated carbocycles. The van der Waals surface area contributed by atoms with Crippen molar-refractivity contribution in [2.24, 2.45) is 4.99 Å². The molecule has 0 aliphatic carbocycles. The Balaban J connectivity index is 2.65. The molecule has 72 valence electrons. The molecule has 2 rings (SSSR count). The Bertz CT molecular complexity index is 421. The van der Waals surface area contributed by atoms with Crippen molar-refractivity contribution in [3.05, 3.63) is 29.3 Å². The molecule has 1 aliphatic heterocycles. The maximum absolute atomic E-state index is 11.6. The molecule has 14 heavy (non-hydrogen) atoms. The zero-order chi connectivity index (χ0) is 10.1. The summed E-state index contributed by atoms with van der Waals surface area (Å²) in [6, 6.07) is 5.77. The Morgan fingerprint density at radius 1 is 1.43 bits per heavy atom. The van der Waals surface area contributed by atoms with Crippen LogP contribution in [-0.2, 0) is 6.42 Å². The number of para-hydroxylation sites is 1. The van der Waals surface area contributed by atoms with Crippen LogP contribution in [-0.4, -0.2) is 11.7 Å². The molecule has 0 saturated heterocycles. The van der Waals surface area contributed by atoms with Crippen LogP contribution in [0.1, 0.15) is 29.8 Å². The number of fused-ring (bicyclic) bond motifs is 1. The van der Waals surface area contributed by atoms with Gasteiger partial charge in [-0.3, -0.25) is 0 Å². The molecule has 0 spiro atoms. The number of aliphatic imine (C=N–C) groups is 1. The van der Waals surface area contributed by atoms with Crippen molar-refractivity contribution >= 4 is 17.4 Å². The van der Waals surface area contributed by atoms with Crippen molar-refractivity contribution in [3.8, 4) is 0 Å². The number of amides is 1. The van der Waals surface area contributed by atoms with E-state index in [0.717, 1.165) is 29.1 Å². The van der Waals surface area contributed by atoms with Crippen LogP contribution in [0.3, 0.4) is 0 Å². The van der Waals surface area contributed by atoms with Crippen LogP contribution in [0.5, 0.6) is 0 Å². The van der Waals surface area contributed by atoms with E-state index in [1.807, 2.05) is 25.1 Å². The largest absolute Gasteiger partial charge is 0.350 e. The fourth-order valence-electron chi connectivity index (χ4n) is 1.68. The summed E-state index contributed by atoms with van der Waals surface area (Å²) in [7, 11) is 0. The van der Waals surface area contributed by atoms with E-state index < -0.39 is 0 Å². The minimum atomic E-state index is 0.0720. The highest BCUT2D eigenvalue weighted by molar-refractivity contribution is 6.01. The highest BCUT2D eigenvalue weighted by atomic mass is 16.1. The van der Waals surface area contributed by atoms with E-state index in [1.54, 1.807) is 5.32 Å². The van der Waals surface area contributed by atoms with Crippen LogP contribution in [0.25, 0.3) is 0 Å². The molecule has 0 radical (unpaired) electrons. The molecule has 1 aliphatic rings. The predicted octanol–water partition coefficient (Wildman–Crippen LogP) is 1.02. The van der Waals surface area contributed by atoms with Crippen molar-refractivity contribution < 1.29 is 10.1 Å². The van der Waals surface area contributed by atoms with Crippen molar-refractivity contribution in [2.45, 2.75) is 20.3 Å². The first-order valence-corrected chi connectivity index (χ1v) is 4.78. The van der Waals surface area contributed by atoms with Crippen LogP contribution in [0.4, 0.5) is 5.69 Å². The number of amidine groups is 1. The number of hydrogen-bond acceptors (Lipinski definition) is 2. The van der Waals surface area contributed by atoms with E-state index in [1.165, 1.54) is 0 Å². The summed E-state index contributed by atoms with van der Waals surface area (Å²) in [6.07, 6.45) is 0.910. The number of aryl methyl sites for hydroxylation is 1. The molecule has 0 unspecified atom stereocenters. The van der Waals surface area contributed by atoms with Gasteiger partial charge in [0, 0.05) is 6.92 Å². The molecule has 0 bridgehead atoms. The van der Waals surface area contributed by atoms with Gasteiger partial charge in [-0.1, -0.05) is 19.1 Å². The lowest BCUT2D eigenvalue weighted by atomic mass is 10.0. The van der Waals surface area contributed by atoms with Gasteiger partial charge in [0.25, 0.3) is 0 Å². The van der Waals surface area contributed by atoms with Crippen LogP contribution in [0, 0.1) is 0 Å². The van der Waals surface area contributed by atoms with E-state index in [9.17, 15) is 4.79 Å². The number of nitrogens with two attached hydrogens (primary N) is 1. The summed E-state index contributed by atoms with van der Waals surface area (Å²) in [5.74, 6) is 0.867. The number of nitrogens with zero attached hydrogens (tertiary/aromatic N) is 1. The number of carbonyl (C=O) groups excluding carboxylic acids is 1. The fourth-order valence-corrected chi connectivity index (χ4v) is 1.68. The lowest BCUT2D eigenvalue weighted by molar-refractivity contribution is -0.432. The van der Waals surface area contributed by atoms with Gasteiger partial charge in [-0.2, -0.15) is 4.99 Å². The Morgan fingerprint density at radius 2 is 2.21 bits per heavy atom. The van der Waals surface area contributed by atoms with Crippen LogP contribution in [0.2, 0.25) is 0 Å². The predicted molar refractivity (Wildman–Crippen MR) is 54.8 cm³/mol. The normalized spacial score (nSPS) is 15.0. The van der Waals surface area contributed by atoms with E-state index in [2.05, 4.69) is 11.9 Å². The number of quaternary nitrogens is 1. The van der Waals surface area contributed by atoms with Gasteiger partial charge >= 0.3 is 5.91 Å². The Kier molecular flexibility index (Phi) is 2.17. The standard InChI is InChI=1S/C11H12N2O/c1-3-8-5-4-6-9-10(8)12-7(2)13-11(9)14/h4-6H,3H2,1-2H3,(H,12,13,14)/p+1. The van der Waals surface area contributed by atoms with Gasteiger partial charge in [0.1, 0.15) is 5.56 Å². The van der Waals surface area contributed by atoms with E-state index in [0.29, 0.717) is 0 Å². The highest BCUT2D eigenvalue weighted by Gasteiger charge is 2.23. The minimum Gasteiger partial charge on any atom is -0.234 e. The first-order valence-electron chi connectivity index (χ1n) is 4.78. The van der Waals surface area contributed by atoms with Gasteiger partial charge in [0.15, 0.2) is 0 Å². The van der Waals surface area contributed by atoms with Gasteiger partial charge in [0.2, 0.25) is 5.84 Å². The average Bonchev–Trinajstić information content (AvgIpc) is 2.17. The van der Waals surface area contributed by atoms with Gasteiger partial charge in [0.05, 0.1) is 5.69 Å². The highest BCUT2D eigenvalue weighted by Crippen LogP contribution is 2.25. The SMILES string of the molecule is CCc1cccc2c1N=C(C)[NH2+]C2=O. The molecule has 0 aromatic heterocycles. The Hall–Kier alpha value is -1.48. The van der Waals surface area contributed by atoms with Crippen LogP contribution < -0.4 is 5.32 Å². The number of carbonyl (C=O) groups is 1. The van der Waals surface area contributed by atoms with E-state index in [-0.39, 0.29) is 5.91 Å². The van der Waals surface area contributed by atoms with Gasteiger partial charge in [-0.05, 0) is 18.1 Å². The summed E-state index contributed by atoms with van der Waals surface area (Å²) in [5, 5.41) is 1.59. The van der Waals surface area contributed by atoms with Gasteiger partial charge < -0.3 is 0 Å². The van der Waals surface area contributed by atoms with Crippen LogP contribution in [0.15, 0.2) is 23.2 Å². The van der Waals surface area contributed by atoms with Crippen molar-refractivity contribution in [3.63, 3.8) is 0 Å². The number of primary amides is 1. The molecule has 1 aromatic rings. The molecule has 3 heteroatoms. The van der Waals surface area contributed by atoms with Gasteiger partial charge in [-0.15, -0.1) is 0 Å². The first-order chi connectivity index (χ1) is 6.72. The molecule has 1 amide bonds. The van der Waals surface area contributed by atoms with Crippen molar-refractivity contribution in [1.82, 2.24) is 0 Å². The summed E-state index contributed by atoms with van der Waals surface area (Å²) >= 11 is 0. The maximum atomic E-state index is 11.6. The minimum absolute atomic E-state index is 0.0720. The second-order valence-corrected chi connectivity index (χ2v) is 3.43. The zero-order valence-corrected chi connectivity index (χ0v) is 8.37.